The molecule has 0 radical (unpaired) electrons. The van der Waals surface area contributed by atoms with E-state index < -0.39 is 0 Å². The zero-order valence-corrected chi connectivity index (χ0v) is 20.5. The van der Waals surface area contributed by atoms with Gasteiger partial charge in [0.2, 0.25) is 11.8 Å². The van der Waals surface area contributed by atoms with Crippen LogP contribution in [0.3, 0.4) is 0 Å². The van der Waals surface area contributed by atoms with E-state index in [1.807, 2.05) is 11.8 Å². The normalized spacial score (nSPS) is 17.1. The molecule has 8 nitrogen and oxygen atoms in total. The number of nitrogens with one attached hydrogen (secondary N) is 3. The molecule has 1 saturated carbocycles. The van der Waals surface area contributed by atoms with Gasteiger partial charge in [0.15, 0.2) is 10.3 Å². The van der Waals surface area contributed by atoms with E-state index in [1.165, 1.54) is 19.3 Å². The monoisotopic (exact) mass is 486 g/mol. The van der Waals surface area contributed by atoms with E-state index in [2.05, 4.69) is 22.0 Å². The molecule has 3 heterocycles. The number of thiazole rings is 2. The van der Waals surface area contributed by atoms with Crippen molar-refractivity contribution in [3.05, 3.63) is 11.6 Å². The van der Waals surface area contributed by atoms with Gasteiger partial charge < -0.3 is 20.9 Å². The second-order valence-corrected chi connectivity index (χ2v) is 11.0. The van der Waals surface area contributed by atoms with Crippen molar-refractivity contribution in [2.75, 3.05) is 36.8 Å². The summed E-state index contributed by atoms with van der Waals surface area (Å²) in [6, 6.07) is 2.43. The number of nitrogens with zero attached hydrogens (tertiary/aromatic N) is 3. The first-order valence-electron chi connectivity index (χ1n) is 11.8. The van der Waals surface area contributed by atoms with Crippen LogP contribution >= 0.6 is 22.7 Å². The first-order valence-corrected chi connectivity index (χ1v) is 13.5. The fraction of sp³-hybridized carbons (Fsp3) is 0.565. The molecule has 1 saturated heterocycles. The van der Waals surface area contributed by atoms with Crippen molar-refractivity contribution in [1.82, 2.24) is 20.2 Å². The summed E-state index contributed by atoms with van der Waals surface area (Å²) in [4.78, 5) is 36.1. The standard InChI is InChI=1S/C23H30N6O2S2/c1-14-20-16(32-22(27-20)24-12-18(30)26-15-7-3-4-8-15)11-17-21(14)28-23(33-17)25-13-19(31)29-9-5-2-6-10-29/h11,15H,2-10,12-13H2,1H3,(H,24,27)(H,25,28)(H,26,30). The Labute approximate surface area is 201 Å². The van der Waals surface area contributed by atoms with Crippen molar-refractivity contribution >= 4 is 65.2 Å². The average Bonchev–Trinajstić information content (AvgIpc) is 3.57. The van der Waals surface area contributed by atoms with Gasteiger partial charge in [0.25, 0.3) is 0 Å². The smallest absolute Gasteiger partial charge is 0.241 e. The predicted molar refractivity (Wildman–Crippen MR) is 135 cm³/mol. The number of hydrogen-bond donors (Lipinski definition) is 3. The number of amides is 2. The maximum Gasteiger partial charge on any atom is 0.241 e. The van der Waals surface area contributed by atoms with Crippen molar-refractivity contribution in [2.24, 2.45) is 0 Å². The molecule has 0 unspecified atom stereocenters. The van der Waals surface area contributed by atoms with Crippen LogP contribution in [0.25, 0.3) is 20.4 Å². The highest BCUT2D eigenvalue weighted by atomic mass is 32.1. The first-order chi connectivity index (χ1) is 16.1. The summed E-state index contributed by atoms with van der Waals surface area (Å²) in [5, 5.41) is 11.0. The van der Waals surface area contributed by atoms with Crippen LogP contribution in [0.15, 0.2) is 6.07 Å². The third-order valence-corrected chi connectivity index (χ3v) is 8.42. The molecule has 1 aromatic carbocycles. The van der Waals surface area contributed by atoms with Gasteiger partial charge in [0.1, 0.15) is 0 Å². The molecule has 1 aliphatic carbocycles. The Morgan fingerprint density at radius 2 is 1.55 bits per heavy atom. The van der Waals surface area contributed by atoms with Gasteiger partial charge in [0, 0.05) is 24.7 Å². The summed E-state index contributed by atoms with van der Waals surface area (Å²) in [6.45, 7) is 4.27. The minimum absolute atomic E-state index is 0.0235. The van der Waals surface area contributed by atoms with E-state index >= 15 is 0 Å². The molecule has 10 heteroatoms. The number of rotatable bonds is 7. The van der Waals surface area contributed by atoms with Gasteiger partial charge in [0.05, 0.1) is 33.5 Å². The van der Waals surface area contributed by atoms with Crippen molar-refractivity contribution in [3.63, 3.8) is 0 Å². The molecule has 33 heavy (non-hydrogen) atoms. The summed E-state index contributed by atoms with van der Waals surface area (Å²) >= 11 is 3.11. The van der Waals surface area contributed by atoms with E-state index in [0.29, 0.717) is 6.04 Å². The Hall–Kier alpha value is -2.46. The molecular formula is C23H30N6O2S2. The zero-order valence-electron chi connectivity index (χ0n) is 18.9. The van der Waals surface area contributed by atoms with E-state index in [-0.39, 0.29) is 24.9 Å². The fourth-order valence-electron chi connectivity index (χ4n) is 4.69. The van der Waals surface area contributed by atoms with Gasteiger partial charge in [-0.1, -0.05) is 35.5 Å². The van der Waals surface area contributed by atoms with Gasteiger partial charge in [-0.3, -0.25) is 9.59 Å². The summed E-state index contributed by atoms with van der Waals surface area (Å²) in [5.74, 6) is 0.163. The molecule has 2 amide bonds. The Morgan fingerprint density at radius 1 is 0.939 bits per heavy atom. The van der Waals surface area contributed by atoms with Crippen molar-refractivity contribution in [1.29, 1.82) is 0 Å². The second-order valence-electron chi connectivity index (χ2n) is 8.93. The molecule has 176 valence electrons. The van der Waals surface area contributed by atoms with Gasteiger partial charge in [-0.05, 0) is 45.1 Å². The van der Waals surface area contributed by atoms with E-state index in [0.717, 1.165) is 75.0 Å². The maximum absolute atomic E-state index is 12.4. The Morgan fingerprint density at radius 3 is 2.18 bits per heavy atom. The summed E-state index contributed by atoms with van der Waals surface area (Å²) in [5.41, 5.74) is 2.84. The molecule has 0 atom stereocenters. The number of fused-ring (bicyclic) bond motifs is 2. The third-order valence-electron chi connectivity index (χ3n) is 6.50. The molecule has 0 bridgehead atoms. The summed E-state index contributed by atoms with van der Waals surface area (Å²) in [7, 11) is 0. The largest absolute Gasteiger partial charge is 0.352 e. The van der Waals surface area contributed by atoms with Crippen molar-refractivity contribution in [3.8, 4) is 0 Å². The quantitative estimate of drug-likeness (QED) is 0.465. The van der Waals surface area contributed by atoms with Crippen LogP contribution in [0.4, 0.5) is 10.3 Å². The van der Waals surface area contributed by atoms with Crippen molar-refractivity contribution in [2.45, 2.75) is 57.9 Å². The van der Waals surface area contributed by atoms with Gasteiger partial charge in [-0.15, -0.1) is 0 Å². The zero-order chi connectivity index (χ0) is 22.8. The van der Waals surface area contributed by atoms with E-state index in [9.17, 15) is 9.59 Å². The van der Waals surface area contributed by atoms with Gasteiger partial charge >= 0.3 is 0 Å². The molecule has 2 aromatic heterocycles. The minimum Gasteiger partial charge on any atom is -0.352 e. The molecular weight excluding hydrogens is 456 g/mol. The molecule has 3 N–H and O–H groups in total. The molecule has 3 aromatic rings. The van der Waals surface area contributed by atoms with Gasteiger partial charge in [-0.2, -0.15) is 0 Å². The lowest BCUT2D eigenvalue weighted by molar-refractivity contribution is -0.130. The molecule has 2 aliphatic rings. The minimum atomic E-state index is 0.0235. The summed E-state index contributed by atoms with van der Waals surface area (Å²) < 4.78 is 2.14. The number of carbonyl (C=O) groups excluding carboxylic acids is 2. The number of benzene rings is 1. The topological polar surface area (TPSA) is 99.2 Å². The maximum atomic E-state index is 12.4. The number of hydrogen-bond acceptors (Lipinski definition) is 8. The van der Waals surface area contributed by atoms with Crippen molar-refractivity contribution < 1.29 is 9.59 Å². The van der Waals surface area contributed by atoms with Crippen LogP contribution in [0.1, 0.15) is 50.5 Å². The van der Waals surface area contributed by atoms with Crippen LogP contribution < -0.4 is 16.0 Å². The van der Waals surface area contributed by atoms with Crippen LogP contribution in [0.2, 0.25) is 0 Å². The molecule has 5 rings (SSSR count). The molecule has 1 aliphatic heterocycles. The lowest BCUT2D eigenvalue weighted by Crippen LogP contribution is -2.39. The number of aryl methyl sites for hydroxylation is 1. The van der Waals surface area contributed by atoms with Gasteiger partial charge in [-0.25, -0.2) is 9.97 Å². The highest BCUT2D eigenvalue weighted by Crippen LogP contribution is 2.37. The second kappa shape index (κ2) is 9.80. The van der Waals surface area contributed by atoms with Crippen LogP contribution in [0, 0.1) is 6.92 Å². The lowest BCUT2D eigenvalue weighted by Gasteiger charge is -2.26. The predicted octanol–water partition coefficient (Wildman–Crippen LogP) is 4.11. The molecule has 2 fully saturated rings. The van der Waals surface area contributed by atoms with Crippen LogP contribution in [-0.2, 0) is 9.59 Å². The highest BCUT2D eigenvalue weighted by Gasteiger charge is 2.19. The van der Waals surface area contributed by atoms with E-state index in [1.54, 1.807) is 22.7 Å². The Kier molecular flexibility index (Phi) is 6.64. The third kappa shape index (κ3) is 5.06. The number of piperidine rings is 1. The number of likely N-dealkylation sites (tertiary alicyclic amines) is 1. The van der Waals surface area contributed by atoms with Crippen LogP contribution in [-0.4, -0.2) is 58.9 Å². The first kappa shape index (κ1) is 22.3. The Bertz CT molecular complexity index is 1160. The average molecular weight is 487 g/mol. The Balaban J connectivity index is 1.23. The number of carbonyl (C=O) groups is 2. The fourth-order valence-corrected chi connectivity index (χ4v) is 6.69. The SMILES string of the molecule is Cc1c2nc(NCC(=O)NC3CCCC3)sc2cc2sc(NCC(=O)N3CCCCC3)nc12. The number of anilines is 2. The highest BCUT2D eigenvalue weighted by molar-refractivity contribution is 7.24. The lowest BCUT2D eigenvalue weighted by atomic mass is 10.1. The van der Waals surface area contributed by atoms with Crippen LogP contribution in [0.5, 0.6) is 0 Å². The molecule has 0 spiro atoms. The summed E-state index contributed by atoms with van der Waals surface area (Å²) in [6.07, 6.45) is 7.97. The number of aromatic nitrogens is 2. The van der Waals surface area contributed by atoms with E-state index in [4.69, 9.17) is 9.97 Å².